The van der Waals surface area contributed by atoms with Crippen LogP contribution in [-0.2, 0) is 21.9 Å². The number of fused-ring (bicyclic) bond motifs is 1. The molecule has 1 aliphatic carbocycles. The summed E-state index contributed by atoms with van der Waals surface area (Å²) in [7, 11) is -2.01. The Labute approximate surface area is 111 Å². The first-order valence-corrected chi connectivity index (χ1v) is 7.58. The highest BCUT2D eigenvalue weighted by molar-refractivity contribution is 7.90. The zero-order valence-electron chi connectivity index (χ0n) is 10.5. The number of hydrogen-bond acceptors (Lipinski definition) is 3. The second kappa shape index (κ2) is 4.09. The summed E-state index contributed by atoms with van der Waals surface area (Å²) in [5.74, 6) is -0.530. The Hall–Kier alpha value is -1.82. The van der Waals surface area contributed by atoms with Crippen LogP contribution in [0.15, 0.2) is 35.4 Å². The van der Waals surface area contributed by atoms with E-state index in [9.17, 15) is 13.2 Å². The van der Waals surface area contributed by atoms with Gasteiger partial charge >= 0.3 is 0 Å². The summed E-state index contributed by atoms with van der Waals surface area (Å²) in [4.78, 5) is 11.8. The van der Waals surface area contributed by atoms with Gasteiger partial charge in [-0.2, -0.15) is 0 Å². The third-order valence-electron chi connectivity index (χ3n) is 3.33. The Morgan fingerprint density at radius 3 is 2.68 bits per heavy atom. The number of sulfonamides is 1. The summed E-state index contributed by atoms with van der Waals surface area (Å²) in [6.07, 6.45) is 3.08. The predicted molar refractivity (Wildman–Crippen MR) is 71.0 cm³/mol. The molecule has 19 heavy (non-hydrogen) atoms. The van der Waals surface area contributed by atoms with Crippen LogP contribution in [0, 0.1) is 5.92 Å². The van der Waals surface area contributed by atoms with Gasteiger partial charge in [0.2, 0.25) is 5.91 Å². The lowest BCUT2D eigenvalue weighted by Crippen LogP contribution is -2.31. The quantitative estimate of drug-likeness (QED) is 0.922. The van der Waals surface area contributed by atoms with Gasteiger partial charge in [0.1, 0.15) is 4.90 Å². The number of aromatic nitrogens is 1. The molecule has 1 saturated carbocycles. The van der Waals surface area contributed by atoms with Gasteiger partial charge in [-0.15, -0.1) is 0 Å². The molecule has 3 rings (SSSR count). The average molecular weight is 278 g/mol. The van der Waals surface area contributed by atoms with Crippen LogP contribution in [0.5, 0.6) is 0 Å². The van der Waals surface area contributed by atoms with Crippen LogP contribution in [0.25, 0.3) is 10.9 Å². The summed E-state index contributed by atoms with van der Waals surface area (Å²) in [6.45, 7) is 0. The average Bonchev–Trinajstić information content (AvgIpc) is 3.15. The van der Waals surface area contributed by atoms with Crippen LogP contribution in [0.2, 0.25) is 0 Å². The van der Waals surface area contributed by atoms with Crippen LogP contribution in [-0.4, -0.2) is 18.9 Å². The van der Waals surface area contributed by atoms with E-state index in [2.05, 4.69) is 4.72 Å². The van der Waals surface area contributed by atoms with Crippen molar-refractivity contribution in [1.82, 2.24) is 9.29 Å². The van der Waals surface area contributed by atoms with Crippen molar-refractivity contribution < 1.29 is 13.2 Å². The van der Waals surface area contributed by atoms with Crippen molar-refractivity contribution in [3.05, 3.63) is 30.5 Å². The van der Waals surface area contributed by atoms with Crippen molar-refractivity contribution in [2.75, 3.05) is 0 Å². The molecule has 0 bridgehead atoms. The van der Waals surface area contributed by atoms with E-state index in [0.29, 0.717) is 5.39 Å². The second-order valence-corrected chi connectivity index (χ2v) is 6.52. The summed E-state index contributed by atoms with van der Waals surface area (Å²) in [6, 6.07) is 7.22. The number of nitrogens with one attached hydrogen (secondary N) is 1. The molecule has 0 spiro atoms. The van der Waals surface area contributed by atoms with E-state index >= 15 is 0 Å². The number of benzene rings is 1. The SMILES string of the molecule is Cn1cc(S(=O)(=O)NC(=O)C2CC2)c2ccccc21. The number of rotatable bonds is 3. The van der Waals surface area contributed by atoms with E-state index in [0.717, 1.165) is 18.4 Å². The van der Waals surface area contributed by atoms with Crippen LogP contribution < -0.4 is 4.72 Å². The standard InChI is InChI=1S/C13H14N2O3S/c1-15-8-12(10-4-2-3-5-11(10)15)19(17,18)14-13(16)9-6-7-9/h2-5,8-9H,6-7H2,1H3,(H,14,16). The number of nitrogens with zero attached hydrogens (tertiary/aromatic N) is 1. The van der Waals surface area contributed by atoms with Gasteiger partial charge < -0.3 is 4.57 Å². The second-order valence-electron chi connectivity index (χ2n) is 4.87. The van der Waals surface area contributed by atoms with Crippen molar-refractivity contribution in [3.63, 3.8) is 0 Å². The normalized spacial score (nSPS) is 15.6. The molecule has 100 valence electrons. The van der Waals surface area contributed by atoms with Crippen LogP contribution >= 0.6 is 0 Å². The van der Waals surface area contributed by atoms with E-state index in [4.69, 9.17) is 0 Å². The Morgan fingerprint density at radius 2 is 2.00 bits per heavy atom. The molecule has 5 nitrogen and oxygen atoms in total. The molecule has 1 aliphatic rings. The molecule has 6 heteroatoms. The van der Waals surface area contributed by atoms with E-state index in [1.165, 1.54) is 6.20 Å². The van der Waals surface area contributed by atoms with Crippen molar-refractivity contribution in [2.45, 2.75) is 17.7 Å². The lowest BCUT2D eigenvalue weighted by molar-refractivity contribution is -0.120. The Kier molecular flexibility index (Phi) is 2.63. The zero-order chi connectivity index (χ0) is 13.6. The molecule has 0 saturated heterocycles. The van der Waals surface area contributed by atoms with Gasteiger partial charge in [-0.05, 0) is 18.9 Å². The Balaban J connectivity index is 2.05. The maximum atomic E-state index is 12.3. The lowest BCUT2D eigenvalue weighted by Gasteiger charge is -2.04. The van der Waals surface area contributed by atoms with Gasteiger partial charge in [-0.3, -0.25) is 4.79 Å². The third-order valence-corrected chi connectivity index (χ3v) is 4.71. The van der Waals surface area contributed by atoms with E-state index in [-0.39, 0.29) is 10.8 Å². The molecule has 1 fully saturated rings. The fraction of sp³-hybridized carbons (Fsp3) is 0.308. The zero-order valence-corrected chi connectivity index (χ0v) is 11.3. The maximum absolute atomic E-state index is 12.3. The van der Waals surface area contributed by atoms with Crippen LogP contribution in [0.3, 0.4) is 0 Å². The number of carbonyl (C=O) groups is 1. The monoisotopic (exact) mass is 278 g/mol. The first-order valence-electron chi connectivity index (χ1n) is 6.10. The topological polar surface area (TPSA) is 68.2 Å². The summed E-state index contributed by atoms with van der Waals surface area (Å²) >= 11 is 0. The van der Waals surface area contributed by atoms with Gasteiger partial charge in [0.25, 0.3) is 10.0 Å². The number of amides is 1. The Bertz CT molecular complexity index is 757. The molecule has 0 atom stereocenters. The first kappa shape index (κ1) is 12.2. The van der Waals surface area contributed by atoms with E-state index < -0.39 is 15.9 Å². The Morgan fingerprint density at radius 1 is 1.32 bits per heavy atom. The summed E-state index contributed by atoms with van der Waals surface area (Å²) in [5, 5.41) is 0.626. The van der Waals surface area contributed by atoms with Crippen LogP contribution in [0.4, 0.5) is 0 Å². The molecule has 0 aliphatic heterocycles. The van der Waals surface area contributed by atoms with Crippen LogP contribution in [0.1, 0.15) is 12.8 Å². The number of para-hydroxylation sites is 1. The highest BCUT2D eigenvalue weighted by Crippen LogP contribution is 2.30. The molecule has 1 N–H and O–H groups in total. The fourth-order valence-electron chi connectivity index (χ4n) is 2.13. The van der Waals surface area contributed by atoms with Gasteiger partial charge in [0.05, 0.1) is 0 Å². The summed E-state index contributed by atoms with van der Waals surface area (Å²) in [5.41, 5.74) is 0.821. The molecular weight excluding hydrogens is 264 g/mol. The smallest absolute Gasteiger partial charge is 0.266 e. The third kappa shape index (κ3) is 2.12. The van der Waals surface area contributed by atoms with Gasteiger partial charge in [-0.25, -0.2) is 13.1 Å². The highest BCUT2D eigenvalue weighted by atomic mass is 32.2. The molecule has 0 radical (unpaired) electrons. The molecule has 0 unspecified atom stereocenters. The van der Waals surface area contributed by atoms with Crippen molar-refractivity contribution in [2.24, 2.45) is 13.0 Å². The molecule has 1 heterocycles. The number of hydrogen-bond donors (Lipinski definition) is 1. The molecule has 2 aromatic rings. The minimum absolute atomic E-state index is 0.134. The van der Waals surface area contributed by atoms with Gasteiger partial charge in [0, 0.05) is 30.1 Å². The summed E-state index contributed by atoms with van der Waals surface area (Å²) < 4.78 is 28.4. The van der Waals surface area contributed by atoms with Crippen molar-refractivity contribution in [3.8, 4) is 0 Å². The van der Waals surface area contributed by atoms with Gasteiger partial charge in [0.15, 0.2) is 0 Å². The molecular formula is C13H14N2O3S. The van der Waals surface area contributed by atoms with Gasteiger partial charge in [-0.1, -0.05) is 18.2 Å². The van der Waals surface area contributed by atoms with Crippen molar-refractivity contribution in [1.29, 1.82) is 0 Å². The maximum Gasteiger partial charge on any atom is 0.266 e. The largest absolute Gasteiger partial charge is 0.349 e. The predicted octanol–water partition coefficient (Wildman–Crippen LogP) is 1.39. The molecule has 1 aromatic heterocycles. The molecule has 1 aromatic carbocycles. The lowest BCUT2D eigenvalue weighted by atomic mass is 10.2. The van der Waals surface area contributed by atoms with Crippen molar-refractivity contribution >= 4 is 26.8 Å². The number of carbonyl (C=O) groups excluding carboxylic acids is 1. The minimum Gasteiger partial charge on any atom is -0.349 e. The highest BCUT2D eigenvalue weighted by Gasteiger charge is 2.33. The van der Waals surface area contributed by atoms with E-state index in [1.54, 1.807) is 23.7 Å². The molecule has 1 amide bonds. The van der Waals surface area contributed by atoms with E-state index in [1.807, 2.05) is 12.1 Å². The minimum atomic E-state index is -3.79. The number of aryl methyl sites for hydroxylation is 1. The first-order chi connectivity index (χ1) is 8.99. The fourth-order valence-corrected chi connectivity index (χ4v) is 3.44.